The number of benzene rings is 1. The second-order valence-electron chi connectivity index (χ2n) is 5.69. The van der Waals surface area contributed by atoms with Crippen LogP contribution in [-0.4, -0.2) is 41.7 Å². The summed E-state index contributed by atoms with van der Waals surface area (Å²) in [6.45, 7) is 6.79. The second kappa shape index (κ2) is 6.68. The molecule has 0 heterocycles. The van der Waals surface area contributed by atoms with Crippen molar-refractivity contribution in [2.24, 2.45) is 0 Å². The number of nitrogens with one attached hydrogen (secondary N) is 1. The zero-order chi connectivity index (χ0) is 14.5. The Morgan fingerprint density at radius 3 is 2.58 bits per heavy atom. The molecule has 1 aromatic carbocycles. The molecule has 0 aliphatic rings. The smallest absolute Gasteiger partial charge is 0.234 e. The van der Waals surface area contributed by atoms with Gasteiger partial charge in [-0.2, -0.15) is 0 Å². The first kappa shape index (κ1) is 15.7. The summed E-state index contributed by atoms with van der Waals surface area (Å²) < 4.78 is 0. The van der Waals surface area contributed by atoms with Gasteiger partial charge in [-0.1, -0.05) is 24.3 Å². The zero-order valence-corrected chi connectivity index (χ0v) is 12.2. The number of aliphatic hydroxyl groups is 1. The standard InChI is InChI=1S/C15H24N2O2/c1-12-7-5-6-8-13(12)9-16-14(18)10-17(4)11-15(2,3)19/h5-8,19H,9-11H2,1-4H3,(H,16,18). The van der Waals surface area contributed by atoms with E-state index in [1.165, 1.54) is 5.56 Å². The van der Waals surface area contributed by atoms with E-state index in [0.717, 1.165) is 5.56 Å². The van der Waals surface area contributed by atoms with Gasteiger partial charge in [-0.05, 0) is 38.9 Å². The molecule has 0 saturated carbocycles. The Labute approximate surface area is 115 Å². The van der Waals surface area contributed by atoms with Crippen LogP contribution in [0.2, 0.25) is 0 Å². The molecule has 4 heteroatoms. The van der Waals surface area contributed by atoms with Gasteiger partial charge in [-0.25, -0.2) is 0 Å². The fourth-order valence-electron chi connectivity index (χ4n) is 2.02. The highest BCUT2D eigenvalue weighted by atomic mass is 16.3. The molecular formula is C15H24N2O2. The number of likely N-dealkylation sites (N-methyl/N-ethyl adjacent to an activating group) is 1. The van der Waals surface area contributed by atoms with Gasteiger partial charge >= 0.3 is 0 Å². The Kier molecular flexibility index (Phi) is 5.51. The maximum Gasteiger partial charge on any atom is 0.234 e. The quantitative estimate of drug-likeness (QED) is 0.814. The number of hydrogen-bond donors (Lipinski definition) is 2. The van der Waals surface area contributed by atoms with E-state index in [9.17, 15) is 9.90 Å². The lowest BCUT2D eigenvalue weighted by atomic mass is 10.1. The van der Waals surface area contributed by atoms with Crippen LogP contribution in [0.1, 0.15) is 25.0 Å². The van der Waals surface area contributed by atoms with E-state index in [4.69, 9.17) is 0 Å². The van der Waals surface area contributed by atoms with Crippen molar-refractivity contribution < 1.29 is 9.90 Å². The molecule has 1 aromatic rings. The Bertz CT molecular complexity index is 424. The van der Waals surface area contributed by atoms with Crippen molar-refractivity contribution >= 4 is 5.91 Å². The molecule has 0 aliphatic carbocycles. The lowest BCUT2D eigenvalue weighted by molar-refractivity contribution is -0.122. The molecule has 2 N–H and O–H groups in total. The Morgan fingerprint density at radius 2 is 2.00 bits per heavy atom. The monoisotopic (exact) mass is 264 g/mol. The molecule has 106 valence electrons. The fourth-order valence-corrected chi connectivity index (χ4v) is 2.02. The minimum atomic E-state index is -0.787. The molecule has 0 spiro atoms. The van der Waals surface area contributed by atoms with Gasteiger partial charge in [0.2, 0.25) is 5.91 Å². The number of carbonyl (C=O) groups excluding carboxylic acids is 1. The lowest BCUT2D eigenvalue weighted by Crippen LogP contribution is -2.41. The number of carbonyl (C=O) groups is 1. The number of hydrogen-bond acceptors (Lipinski definition) is 3. The van der Waals surface area contributed by atoms with E-state index < -0.39 is 5.60 Å². The van der Waals surface area contributed by atoms with Crippen LogP contribution >= 0.6 is 0 Å². The molecule has 19 heavy (non-hydrogen) atoms. The third-order valence-corrected chi connectivity index (χ3v) is 2.81. The molecular weight excluding hydrogens is 240 g/mol. The van der Waals surface area contributed by atoms with Gasteiger partial charge in [0, 0.05) is 13.1 Å². The van der Waals surface area contributed by atoms with Crippen LogP contribution < -0.4 is 5.32 Å². The van der Waals surface area contributed by atoms with Crippen molar-refractivity contribution in [1.82, 2.24) is 10.2 Å². The first-order chi connectivity index (χ1) is 8.78. The largest absolute Gasteiger partial charge is 0.389 e. The van der Waals surface area contributed by atoms with Gasteiger partial charge in [0.15, 0.2) is 0 Å². The number of rotatable bonds is 6. The molecule has 0 fully saturated rings. The molecule has 4 nitrogen and oxygen atoms in total. The topological polar surface area (TPSA) is 52.6 Å². The third-order valence-electron chi connectivity index (χ3n) is 2.81. The van der Waals surface area contributed by atoms with Gasteiger partial charge in [-0.3, -0.25) is 9.69 Å². The molecule has 1 rings (SSSR count). The van der Waals surface area contributed by atoms with Gasteiger partial charge in [0.25, 0.3) is 0 Å². The second-order valence-corrected chi connectivity index (χ2v) is 5.69. The van der Waals surface area contributed by atoms with Gasteiger partial charge < -0.3 is 10.4 Å². The zero-order valence-electron chi connectivity index (χ0n) is 12.2. The van der Waals surface area contributed by atoms with Crippen LogP contribution in [0.3, 0.4) is 0 Å². The van der Waals surface area contributed by atoms with Gasteiger partial charge in [0.1, 0.15) is 0 Å². The van der Waals surface area contributed by atoms with Crippen LogP contribution in [0.5, 0.6) is 0 Å². The molecule has 0 aliphatic heterocycles. The van der Waals surface area contributed by atoms with Crippen LogP contribution in [0.25, 0.3) is 0 Å². The highest BCUT2D eigenvalue weighted by Gasteiger charge is 2.17. The van der Waals surface area contributed by atoms with Crippen molar-refractivity contribution in [3.63, 3.8) is 0 Å². The van der Waals surface area contributed by atoms with Gasteiger partial charge in [0.05, 0.1) is 12.1 Å². The van der Waals surface area contributed by atoms with Gasteiger partial charge in [-0.15, -0.1) is 0 Å². The first-order valence-corrected chi connectivity index (χ1v) is 6.50. The first-order valence-electron chi connectivity index (χ1n) is 6.50. The van der Waals surface area contributed by atoms with Crippen LogP contribution in [0.15, 0.2) is 24.3 Å². The van der Waals surface area contributed by atoms with Crippen LogP contribution in [-0.2, 0) is 11.3 Å². The van der Waals surface area contributed by atoms with Crippen LogP contribution in [0.4, 0.5) is 0 Å². The minimum Gasteiger partial charge on any atom is -0.389 e. The average molecular weight is 264 g/mol. The number of amides is 1. The predicted molar refractivity (Wildman–Crippen MR) is 76.8 cm³/mol. The maximum atomic E-state index is 11.8. The molecule has 0 aromatic heterocycles. The number of nitrogens with zero attached hydrogens (tertiary/aromatic N) is 1. The number of aryl methyl sites for hydroxylation is 1. The van der Waals surface area contributed by atoms with Crippen molar-refractivity contribution in [1.29, 1.82) is 0 Å². The van der Waals surface area contributed by atoms with Crippen molar-refractivity contribution in [2.45, 2.75) is 32.9 Å². The third kappa shape index (κ3) is 6.36. The van der Waals surface area contributed by atoms with Crippen LogP contribution in [0, 0.1) is 6.92 Å². The summed E-state index contributed by atoms with van der Waals surface area (Å²) in [7, 11) is 1.82. The summed E-state index contributed by atoms with van der Waals surface area (Å²) in [5, 5.41) is 12.6. The summed E-state index contributed by atoms with van der Waals surface area (Å²) in [6, 6.07) is 7.99. The highest BCUT2D eigenvalue weighted by molar-refractivity contribution is 5.78. The minimum absolute atomic E-state index is 0.0324. The summed E-state index contributed by atoms with van der Waals surface area (Å²) in [5.74, 6) is -0.0324. The van der Waals surface area contributed by atoms with E-state index in [0.29, 0.717) is 13.1 Å². The molecule has 0 bridgehead atoms. The Balaban J connectivity index is 2.38. The van der Waals surface area contributed by atoms with Crippen molar-refractivity contribution in [2.75, 3.05) is 20.1 Å². The SMILES string of the molecule is Cc1ccccc1CNC(=O)CN(C)CC(C)(C)O. The average Bonchev–Trinajstić information content (AvgIpc) is 2.25. The van der Waals surface area contributed by atoms with Crippen molar-refractivity contribution in [3.8, 4) is 0 Å². The summed E-state index contributed by atoms with van der Waals surface area (Å²) in [5.41, 5.74) is 1.51. The molecule has 0 saturated heterocycles. The molecule has 0 unspecified atom stereocenters. The molecule has 0 radical (unpaired) electrons. The maximum absolute atomic E-state index is 11.8. The van der Waals surface area contributed by atoms with E-state index in [1.807, 2.05) is 43.1 Å². The van der Waals surface area contributed by atoms with E-state index in [2.05, 4.69) is 5.32 Å². The van der Waals surface area contributed by atoms with E-state index >= 15 is 0 Å². The Morgan fingerprint density at radius 1 is 1.37 bits per heavy atom. The predicted octanol–water partition coefficient (Wildman–Crippen LogP) is 1.31. The molecule has 0 atom stereocenters. The van der Waals surface area contributed by atoms with Crippen molar-refractivity contribution in [3.05, 3.63) is 35.4 Å². The highest BCUT2D eigenvalue weighted by Crippen LogP contribution is 2.06. The summed E-state index contributed by atoms with van der Waals surface area (Å²) in [6.07, 6.45) is 0. The normalized spacial score (nSPS) is 11.7. The fraction of sp³-hybridized carbons (Fsp3) is 0.533. The van der Waals surface area contributed by atoms with E-state index in [1.54, 1.807) is 13.8 Å². The van der Waals surface area contributed by atoms with E-state index in [-0.39, 0.29) is 12.5 Å². The Hall–Kier alpha value is -1.39. The lowest BCUT2D eigenvalue weighted by Gasteiger charge is -2.24. The molecule has 1 amide bonds. The summed E-state index contributed by atoms with van der Waals surface area (Å²) in [4.78, 5) is 13.6. The summed E-state index contributed by atoms with van der Waals surface area (Å²) >= 11 is 0.